The van der Waals surface area contributed by atoms with Crippen LogP contribution in [-0.2, 0) is 14.4 Å². The Morgan fingerprint density at radius 2 is 2.00 bits per heavy atom. The molecule has 2 fully saturated rings. The van der Waals surface area contributed by atoms with Gasteiger partial charge in [-0.05, 0) is 19.3 Å². The van der Waals surface area contributed by atoms with E-state index in [-0.39, 0.29) is 24.4 Å². The number of nitrogens with two attached hydrogens (primary N) is 2. The fourth-order valence-corrected chi connectivity index (χ4v) is 3.09. The van der Waals surface area contributed by atoms with E-state index in [0.717, 1.165) is 6.42 Å². The molecule has 7 heteroatoms. The van der Waals surface area contributed by atoms with Crippen molar-refractivity contribution in [3.63, 3.8) is 0 Å². The monoisotopic (exact) mass is 255 g/mol. The highest BCUT2D eigenvalue weighted by atomic mass is 16.4. The molecule has 0 aliphatic carbocycles. The van der Waals surface area contributed by atoms with E-state index >= 15 is 0 Å². The summed E-state index contributed by atoms with van der Waals surface area (Å²) in [6.45, 7) is 0. The molecule has 4 unspecified atom stereocenters. The maximum atomic E-state index is 12.1. The molecule has 0 aromatic heterocycles. The molecule has 2 heterocycles. The number of primary amides is 1. The Balaban J connectivity index is 2.08. The van der Waals surface area contributed by atoms with Crippen LogP contribution in [0.4, 0.5) is 0 Å². The molecule has 2 saturated heterocycles. The molecule has 18 heavy (non-hydrogen) atoms. The summed E-state index contributed by atoms with van der Waals surface area (Å²) >= 11 is 0. The van der Waals surface area contributed by atoms with Gasteiger partial charge < -0.3 is 21.5 Å². The molecule has 0 aromatic carbocycles. The van der Waals surface area contributed by atoms with Crippen molar-refractivity contribution in [1.29, 1.82) is 0 Å². The summed E-state index contributed by atoms with van der Waals surface area (Å²) in [5, 5.41) is 9.08. The third kappa shape index (κ3) is 2.05. The number of carboxylic acids is 1. The number of fused-ring (bicyclic) bond motifs is 2. The van der Waals surface area contributed by atoms with E-state index in [1.807, 2.05) is 0 Å². The van der Waals surface area contributed by atoms with Gasteiger partial charge in [-0.2, -0.15) is 0 Å². The van der Waals surface area contributed by atoms with Crippen LogP contribution in [-0.4, -0.2) is 45.9 Å². The second-order valence-electron chi connectivity index (χ2n) is 5.00. The van der Waals surface area contributed by atoms with E-state index in [9.17, 15) is 14.4 Å². The maximum Gasteiger partial charge on any atom is 0.308 e. The minimum atomic E-state index is -0.960. The molecule has 0 radical (unpaired) electrons. The number of rotatable bonds is 4. The summed E-state index contributed by atoms with van der Waals surface area (Å²) in [5.74, 6) is -2.36. The first-order valence-electron chi connectivity index (χ1n) is 6.00. The number of carboxylic acid groups (broad SMARTS) is 1. The molecular formula is C11H17N3O4. The molecule has 2 aliphatic heterocycles. The fraction of sp³-hybridized carbons (Fsp3) is 0.727. The standard InChI is InChI=1S/C11H17N3O4/c12-7(4-9(13)15)10(16)14-5-1-2-8(14)6(3-5)11(17)18/h5-8H,1-4,12H2,(H2,13,15)(H,17,18). The largest absolute Gasteiger partial charge is 0.481 e. The van der Waals surface area contributed by atoms with Crippen molar-refractivity contribution >= 4 is 17.8 Å². The molecule has 2 bridgehead atoms. The number of hydrogen-bond acceptors (Lipinski definition) is 4. The predicted octanol–water partition coefficient (Wildman–Crippen LogP) is -1.35. The Kier molecular flexibility index (Phi) is 3.25. The molecule has 2 aliphatic rings. The summed E-state index contributed by atoms with van der Waals surface area (Å²) < 4.78 is 0. The van der Waals surface area contributed by atoms with Gasteiger partial charge in [0, 0.05) is 12.1 Å². The number of aliphatic carboxylic acids is 1. The van der Waals surface area contributed by atoms with Crippen molar-refractivity contribution in [3.05, 3.63) is 0 Å². The highest BCUT2D eigenvalue weighted by Crippen LogP contribution is 2.42. The van der Waals surface area contributed by atoms with Crippen LogP contribution in [0.2, 0.25) is 0 Å². The summed E-state index contributed by atoms with van der Waals surface area (Å²) in [7, 11) is 0. The van der Waals surface area contributed by atoms with E-state index in [1.165, 1.54) is 0 Å². The van der Waals surface area contributed by atoms with Crippen LogP contribution in [0.1, 0.15) is 25.7 Å². The predicted molar refractivity (Wildman–Crippen MR) is 61.2 cm³/mol. The lowest BCUT2D eigenvalue weighted by Crippen LogP contribution is -2.48. The van der Waals surface area contributed by atoms with Gasteiger partial charge in [0.25, 0.3) is 0 Å². The molecule has 0 saturated carbocycles. The molecule has 2 rings (SSSR count). The normalized spacial score (nSPS) is 31.4. The molecule has 2 amide bonds. The summed E-state index contributed by atoms with van der Waals surface area (Å²) in [6, 6.07) is -1.29. The zero-order valence-corrected chi connectivity index (χ0v) is 9.91. The molecular weight excluding hydrogens is 238 g/mol. The van der Waals surface area contributed by atoms with Crippen molar-refractivity contribution in [2.45, 2.75) is 43.8 Å². The molecule has 7 nitrogen and oxygen atoms in total. The highest BCUT2D eigenvalue weighted by Gasteiger charge is 2.51. The van der Waals surface area contributed by atoms with Crippen LogP contribution >= 0.6 is 0 Å². The van der Waals surface area contributed by atoms with Gasteiger partial charge in [-0.3, -0.25) is 14.4 Å². The third-order valence-corrected chi connectivity index (χ3v) is 3.85. The van der Waals surface area contributed by atoms with Crippen LogP contribution in [0, 0.1) is 5.92 Å². The first-order valence-corrected chi connectivity index (χ1v) is 6.00. The van der Waals surface area contributed by atoms with Gasteiger partial charge in [0.2, 0.25) is 11.8 Å². The molecule has 5 N–H and O–H groups in total. The van der Waals surface area contributed by atoms with Crippen LogP contribution in [0.15, 0.2) is 0 Å². The average molecular weight is 255 g/mol. The molecule has 0 spiro atoms. The second-order valence-corrected chi connectivity index (χ2v) is 5.00. The maximum absolute atomic E-state index is 12.1. The Hall–Kier alpha value is -1.63. The van der Waals surface area contributed by atoms with E-state index in [0.29, 0.717) is 12.8 Å². The van der Waals surface area contributed by atoms with Crippen LogP contribution in [0.3, 0.4) is 0 Å². The quantitative estimate of drug-likeness (QED) is 0.572. The lowest BCUT2D eigenvalue weighted by Gasteiger charge is -2.25. The van der Waals surface area contributed by atoms with Crippen LogP contribution in [0.5, 0.6) is 0 Å². The average Bonchev–Trinajstić information content (AvgIpc) is 2.83. The zero-order chi connectivity index (χ0) is 13.4. The number of carbonyl (C=O) groups excluding carboxylic acids is 2. The van der Waals surface area contributed by atoms with Gasteiger partial charge in [-0.25, -0.2) is 0 Å². The Morgan fingerprint density at radius 1 is 1.33 bits per heavy atom. The zero-order valence-electron chi connectivity index (χ0n) is 9.91. The summed E-state index contributed by atoms with van der Waals surface area (Å²) in [5.41, 5.74) is 10.6. The van der Waals surface area contributed by atoms with Gasteiger partial charge in [0.05, 0.1) is 18.4 Å². The van der Waals surface area contributed by atoms with E-state index in [2.05, 4.69) is 0 Å². The van der Waals surface area contributed by atoms with Crippen molar-refractivity contribution in [2.24, 2.45) is 17.4 Å². The van der Waals surface area contributed by atoms with Gasteiger partial charge in [0.15, 0.2) is 0 Å². The molecule has 0 aromatic rings. The number of nitrogens with zero attached hydrogens (tertiary/aromatic N) is 1. The number of hydrogen-bond donors (Lipinski definition) is 3. The number of carbonyl (C=O) groups is 3. The summed E-state index contributed by atoms with van der Waals surface area (Å²) in [6.07, 6.45) is 1.78. The SMILES string of the molecule is NC(=O)CC(N)C(=O)N1C2CCC1C(C(=O)O)C2. The first kappa shape index (κ1) is 12.8. The van der Waals surface area contributed by atoms with E-state index in [1.54, 1.807) is 4.90 Å². The fourth-order valence-electron chi connectivity index (χ4n) is 3.09. The van der Waals surface area contributed by atoms with Crippen molar-refractivity contribution in [3.8, 4) is 0 Å². The van der Waals surface area contributed by atoms with Crippen LogP contribution < -0.4 is 11.5 Å². The lowest BCUT2D eigenvalue weighted by atomic mass is 9.89. The van der Waals surface area contributed by atoms with Crippen molar-refractivity contribution < 1.29 is 19.5 Å². The van der Waals surface area contributed by atoms with Gasteiger partial charge >= 0.3 is 5.97 Å². The second kappa shape index (κ2) is 4.56. The van der Waals surface area contributed by atoms with Crippen LogP contribution in [0.25, 0.3) is 0 Å². The van der Waals surface area contributed by atoms with Crippen molar-refractivity contribution in [2.75, 3.05) is 0 Å². The minimum Gasteiger partial charge on any atom is -0.481 e. The van der Waals surface area contributed by atoms with E-state index < -0.39 is 23.8 Å². The van der Waals surface area contributed by atoms with E-state index in [4.69, 9.17) is 16.6 Å². The molecule has 4 atom stereocenters. The number of amides is 2. The lowest BCUT2D eigenvalue weighted by molar-refractivity contribution is -0.143. The Morgan fingerprint density at radius 3 is 2.50 bits per heavy atom. The topological polar surface area (TPSA) is 127 Å². The molecule has 100 valence electrons. The van der Waals surface area contributed by atoms with Gasteiger partial charge in [0.1, 0.15) is 0 Å². The third-order valence-electron chi connectivity index (χ3n) is 3.85. The van der Waals surface area contributed by atoms with Crippen molar-refractivity contribution in [1.82, 2.24) is 4.90 Å². The Labute approximate surface area is 104 Å². The van der Waals surface area contributed by atoms with Gasteiger partial charge in [-0.1, -0.05) is 0 Å². The first-order chi connectivity index (χ1) is 8.41. The Bertz CT molecular complexity index is 398. The summed E-state index contributed by atoms with van der Waals surface area (Å²) in [4.78, 5) is 35.5. The minimum absolute atomic E-state index is 0.0532. The highest BCUT2D eigenvalue weighted by molar-refractivity contribution is 5.89. The van der Waals surface area contributed by atoms with Gasteiger partial charge in [-0.15, -0.1) is 0 Å². The smallest absolute Gasteiger partial charge is 0.308 e.